The quantitative estimate of drug-likeness (QED) is 0.423. The number of rotatable bonds is 8. The largest absolute Gasteiger partial charge is 0.0683 e. The van der Waals surface area contributed by atoms with Gasteiger partial charge in [-0.1, -0.05) is 95.9 Å². The third kappa shape index (κ3) is 13.4. The van der Waals surface area contributed by atoms with E-state index >= 15 is 0 Å². The van der Waals surface area contributed by atoms with E-state index in [4.69, 9.17) is 0 Å². The first-order valence-corrected chi connectivity index (χ1v) is 9.67. The van der Waals surface area contributed by atoms with Gasteiger partial charge in [-0.15, -0.1) is 0 Å². The normalized spacial score (nSPS) is 14.0. The summed E-state index contributed by atoms with van der Waals surface area (Å²) in [6.45, 7) is 27.2. The highest BCUT2D eigenvalue weighted by molar-refractivity contribution is 4.81. The van der Waals surface area contributed by atoms with E-state index in [2.05, 4.69) is 55.4 Å². The van der Waals surface area contributed by atoms with E-state index in [0.29, 0.717) is 5.41 Å². The van der Waals surface area contributed by atoms with Gasteiger partial charge < -0.3 is 0 Å². The molecule has 0 heterocycles. The summed E-state index contributed by atoms with van der Waals surface area (Å²) >= 11 is 0. The first-order valence-electron chi connectivity index (χ1n) is 9.67. The van der Waals surface area contributed by atoms with Gasteiger partial charge >= 0.3 is 0 Å². The molecule has 0 fully saturated rings. The standard InChI is InChI=1S/C17H36.2C2H6/c1-13(2)9-11-15(5)17(7,8)16(6)12-10-14(3)4;2*1-2/h13-16H,9-12H2,1-8H3;2*1-2H3. The lowest BCUT2D eigenvalue weighted by Gasteiger charge is -2.38. The molecule has 0 aliphatic heterocycles. The number of hydrogen-bond acceptors (Lipinski definition) is 0. The molecule has 0 aliphatic carbocycles. The molecular weight excluding hydrogens is 252 g/mol. The van der Waals surface area contributed by atoms with E-state index in [0.717, 1.165) is 23.7 Å². The van der Waals surface area contributed by atoms with Crippen molar-refractivity contribution in [3.05, 3.63) is 0 Å². The Bertz CT molecular complexity index is 168. The molecule has 0 aromatic heterocycles. The van der Waals surface area contributed by atoms with Gasteiger partial charge in [0, 0.05) is 0 Å². The topological polar surface area (TPSA) is 0 Å². The minimum Gasteiger partial charge on any atom is -0.0683 e. The Morgan fingerprint density at radius 3 is 0.952 bits per heavy atom. The molecule has 0 aromatic rings. The highest BCUT2D eigenvalue weighted by atomic mass is 14.4. The lowest BCUT2D eigenvalue weighted by Crippen LogP contribution is -2.30. The van der Waals surface area contributed by atoms with Crippen LogP contribution in [0.25, 0.3) is 0 Å². The Balaban J connectivity index is -0.000000739. The van der Waals surface area contributed by atoms with Crippen molar-refractivity contribution in [3.63, 3.8) is 0 Å². The first kappa shape index (κ1) is 25.9. The summed E-state index contributed by atoms with van der Waals surface area (Å²) in [6.07, 6.45) is 5.52. The van der Waals surface area contributed by atoms with Crippen molar-refractivity contribution in [1.29, 1.82) is 0 Å². The maximum Gasteiger partial charge on any atom is -0.0303 e. The third-order valence-electron chi connectivity index (χ3n) is 4.89. The maximum absolute atomic E-state index is 2.48. The molecule has 0 bridgehead atoms. The van der Waals surface area contributed by atoms with Gasteiger partial charge in [-0.25, -0.2) is 0 Å². The predicted molar refractivity (Wildman–Crippen MR) is 103 cm³/mol. The average Bonchev–Trinajstić information content (AvgIpc) is 2.45. The lowest BCUT2D eigenvalue weighted by molar-refractivity contribution is 0.114. The van der Waals surface area contributed by atoms with Crippen LogP contribution in [0, 0.1) is 29.1 Å². The SMILES string of the molecule is CC.CC.CC(C)CCC(C)C(C)(C)C(C)CCC(C)C. The fourth-order valence-corrected chi connectivity index (χ4v) is 2.40. The summed E-state index contributed by atoms with van der Waals surface area (Å²) < 4.78 is 0. The molecular formula is C21H48. The second-order valence-electron chi connectivity index (χ2n) is 7.57. The first-order chi connectivity index (χ1) is 9.67. The van der Waals surface area contributed by atoms with Crippen molar-refractivity contribution in [2.75, 3.05) is 0 Å². The van der Waals surface area contributed by atoms with Crippen LogP contribution in [-0.4, -0.2) is 0 Å². The lowest BCUT2D eigenvalue weighted by atomic mass is 9.67. The molecule has 0 N–H and O–H groups in total. The monoisotopic (exact) mass is 300 g/mol. The van der Waals surface area contributed by atoms with Gasteiger partial charge in [-0.05, 0) is 41.9 Å². The van der Waals surface area contributed by atoms with Gasteiger partial charge in [-0.2, -0.15) is 0 Å². The molecule has 2 atom stereocenters. The van der Waals surface area contributed by atoms with Crippen molar-refractivity contribution in [3.8, 4) is 0 Å². The van der Waals surface area contributed by atoms with E-state index in [1.807, 2.05) is 27.7 Å². The molecule has 21 heavy (non-hydrogen) atoms. The van der Waals surface area contributed by atoms with Crippen molar-refractivity contribution in [2.45, 2.75) is 109 Å². The Morgan fingerprint density at radius 2 is 0.762 bits per heavy atom. The van der Waals surface area contributed by atoms with E-state index in [9.17, 15) is 0 Å². The van der Waals surface area contributed by atoms with Gasteiger partial charge in [-0.3, -0.25) is 0 Å². The maximum atomic E-state index is 2.48. The Kier molecular flexibility index (Phi) is 18.4. The molecule has 0 radical (unpaired) electrons. The molecule has 0 nitrogen and oxygen atoms in total. The molecule has 0 amide bonds. The zero-order valence-corrected chi connectivity index (χ0v) is 17.6. The van der Waals surface area contributed by atoms with Gasteiger partial charge in [0.25, 0.3) is 0 Å². The van der Waals surface area contributed by atoms with Crippen LogP contribution >= 0.6 is 0 Å². The Morgan fingerprint density at radius 1 is 0.524 bits per heavy atom. The van der Waals surface area contributed by atoms with Crippen molar-refractivity contribution in [1.82, 2.24) is 0 Å². The molecule has 0 aromatic carbocycles. The van der Waals surface area contributed by atoms with E-state index < -0.39 is 0 Å². The molecule has 2 unspecified atom stereocenters. The van der Waals surface area contributed by atoms with Gasteiger partial charge in [0.1, 0.15) is 0 Å². The summed E-state index contributed by atoms with van der Waals surface area (Å²) in [7, 11) is 0. The van der Waals surface area contributed by atoms with Crippen LogP contribution in [0.2, 0.25) is 0 Å². The van der Waals surface area contributed by atoms with Crippen molar-refractivity contribution >= 4 is 0 Å². The van der Waals surface area contributed by atoms with Crippen LogP contribution < -0.4 is 0 Å². The van der Waals surface area contributed by atoms with Gasteiger partial charge in [0.15, 0.2) is 0 Å². The molecule has 0 saturated heterocycles. The fraction of sp³-hybridized carbons (Fsp3) is 1.00. The average molecular weight is 301 g/mol. The molecule has 0 saturated carbocycles. The zero-order valence-electron chi connectivity index (χ0n) is 17.6. The van der Waals surface area contributed by atoms with E-state index in [1.54, 1.807) is 0 Å². The minimum atomic E-state index is 0.490. The summed E-state index contributed by atoms with van der Waals surface area (Å²) in [5, 5.41) is 0. The fourth-order valence-electron chi connectivity index (χ4n) is 2.40. The third-order valence-corrected chi connectivity index (χ3v) is 4.89. The summed E-state index contributed by atoms with van der Waals surface area (Å²) in [5.41, 5.74) is 0.490. The molecule has 0 spiro atoms. The molecule has 132 valence electrons. The summed E-state index contributed by atoms with van der Waals surface area (Å²) in [4.78, 5) is 0. The van der Waals surface area contributed by atoms with Crippen LogP contribution in [0.5, 0.6) is 0 Å². The molecule has 0 aliphatic rings. The predicted octanol–water partition coefficient (Wildman–Crippen LogP) is 8.21. The zero-order chi connectivity index (χ0) is 17.6. The van der Waals surface area contributed by atoms with E-state index in [1.165, 1.54) is 25.7 Å². The van der Waals surface area contributed by atoms with Crippen molar-refractivity contribution in [2.24, 2.45) is 29.1 Å². The smallest absolute Gasteiger partial charge is 0.0303 e. The van der Waals surface area contributed by atoms with Crippen molar-refractivity contribution < 1.29 is 0 Å². The minimum absolute atomic E-state index is 0.490. The van der Waals surface area contributed by atoms with Crippen LogP contribution in [0.1, 0.15) is 109 Å². The van der Waals surface area contributed by atoms with Crippen LogP contribution in [0.3, 0.4) is 0 Å². The number of hydrogen-bond donors (Lipinski definition) is 0. The van der Waals surface area contributed by atoms with Gasteiger partial charge in [0.05, 0.1) is 0 Å². The van der Waals surface area contributed by atoms with Crippen LogP contribution in [-0.2, 0) is 0 Å². The highest BCUT2D eigenvalue weighted by Crippen LogP contribution is 2.40. The summed E-state index contributed by atoms with van der Waals surface area (Å²) in [5.74, 6) is 3.37. The Hall–Kier alpha value is 0. The van der Waals surface area contributed by atoms with E-state index in [-0.39, 0.29) is 0 Å². The van der Waals surface area contributed by atoms with Gasteiger partial charge in [0.2, 0.25) is 0 Å². The molecule has 0 rings (SSSR count). The highest BCUT2D eigenvalue weighted by Gasteiger charge is 2.31. The summed E-state index contributed by atoms with van der Waals surface area (Å²) in [6, 6.07) is 0. The second kappa shape index (κ2) is 14.9. The van der Waals surface area contributed by atoms with Crippen LogP contribution in [0.15, 0.2) is 0 Å². The Labute approximate surface area is 138 Å². The molecule has 0 heteroatoms. The second-order valence-corrected chi connectivity index (χ2v) is 7.57. The van der Waals surface area contributed by atoms with Crippen LogP contribution in [0.4, 0.5) is 0 Å².